The molecule has 0 bridgehead atoms. The van der Waals surface area contributed by atoms with Crippen LogP contribution in [0.4, 0.5) is 5.69 Å². The SMILES string of the molecule is CN(C)c1ccc(C(O)CCCc2ccccc2)cc1. The number of anilines is 1. The summed E-state index contributed by atoms with van der Waals surface area (Å²) in [5.41, 5.74) is 3.50. The van der Waals surface area contributed by atoms with Crippen molar-refractivity contribution >= 4 is 5.69 Å². The highest BCUT2D eigenvalue weighted by Gasteiger charge is 2.07. The van der Waals surface area contributed by atoms with Gasteiger partial charge in [-0.2, -0.15) is 0 Å². The zero-order chi connectivity index (χ0) is 14.4. The molecule has 0 fully saturated rings. The quantitative estimate of drug-likeness (QED) is 0.862. The Bertz CT molecular complexity index is 505. The van der Waals surface area contributed by atoms with Crippen LogP contribution in [0.5, 0.6) is 0 Å². The lowest BCUT2D eigenvalue weighted by Gasteiger charge is -2.15. The molecule has 0 aliphatic heterocycles. The molecule has 0 aliphatic rings. The Kier molecular flexibility index (Phi) is 5.19. The lowest BCUT2D eigenvalue weighted by molar-refractivity contribution is 0.164. The van der Waals surface area contributed by atoms with Gasteiger partial charge in [0.2, 0.25) is 0 Å². The van der Waals surface area contributed by atoms with Gasteiger partial charge in [0, 0.05) is 19.8 Å². The fourth-order valence-corrected chi connectivity index (χ4v) is 2.31. The minimum Gasteiger partial charge on any atom is -0.388 e. The molecular formula is C18H23NO. The van der Waals surface area contributed by atoms with E-state index in [0.717, 1.165) is 30.5 Å². The van der Waals surface area contributed by atoms with Gasteiger partial charge in [0.1, 0.15) is 0 Å². The van der Waals surface area contributed by atoms with Crippen LogP contribution in [0.25, 0.3) is 0 Å². The molecule has 0 radical (unpaired) electrons. The normalized spacial score (nSPS) is 12.2. The molecule has 20 heavy (non-hydrogen) atoms. The van der Waals surface area contributed by atoms with Gasteiger partial charge in [-0.1, -0.05) is 42.5 Å². The zero-order valence-corrected chi connectivity index (χ0v) is 12.3. The standard InChI is InChI=1S/C18H23NO/c1-19(2)17-13-11-16(12-14-17)18(20)10-6-9-15-7-4-3-5-8-15/h3-5,7-8,11-14,18,20H,6,9-10H2,1-2H3. The third kappa shape index (κ3) is 4.10. The molecule has 2 aromatic rings. The van der Waals surface area contributed by atoms with Crippen molar-refractivity contribution in [3.8, 4) is 0 Å². The summed E-state index contributed by atoms with van der Waals surface area (Å²) in [6, 6.07) is 18.6. The van der Waals surface area contributed by atoms with E-state index >= 15 is 0 Å². The molecule has 1 atom stereocenters. The smallest absolute Gasteiger partial charge is 0.0790 e. The van der Waals surface area contributed by atoms with Crippen LogP contribution >= 0.6 is 0 Å². The molecule has 1 unspecified atom stereocenters. The van der Waals surface area contributed by atoms with Crippen LogP contribution in [0.3, 0.4) is 0 Å². The van der Waals surface area contributed by atoms with Crippen molar-refractivity contribution in [1.29, 1.82) is 0 Å². The summed E-state index contributed by atoms with van der Waals surface area (Å²) in [7, 11) is 4.04. The molecule has 2 heteroatoms. The third-order valence-electron chi connectivity index (χ3n) is 3.58. The molecule has 2 aromatic carbocycles. The lowest BCUT2D eigenvalue weighted by Crippen LogP contribution is -2.08. The monoisotopic (exact) mass is 269 g/mol. The van der Waals surface area contributed by atoms with Gasteiger partial charge < -0.3 is 10.0 Å². The number of aryl methyl sites for hydroxylation is 1. The zero-order valence-electron chi connectivity index (χ0n) is 12.3. The fourth-order valence-electron chi connectivity index (χ4n) is 2.31. The molecule has 0 heterocycles. The van der Waals surface area contributed by atoms with Crippen molar-refractivity contribution in [3.63, 3.8) is 0 Å². The van der Waals surface area contributed by atoms with Gasteiger partial charge in [-0.05, 0) is 42.5 Å². The minimum absolute atomic E-state index is 0.366. The van der Waals surface area contributed by atoms with E-state index in [0.29, 0.717) is 0 Å². The van der Waals surface area contributed by atoms with E-state index in [1.165, 1.54) is 5.56 Å². The summed E-state index contributed by atoms with van der Waals surface area (Å²) in [4.78, 5) is 2.06. The Morgan fingerprint density at radius 2 is 1.60 bits per heavy atom. The van der Waals surface area contributed by atoms with Gasteiger partial charge in [0.25, 0.3) is 0 Å². The molecule has 2 rings (SSSR count). The van der Waals surface area contributed by atoms with Crippen LogP contribution in [-0.2, 0) is 6.42 Å². The summed E-state index contributed by atoms with van der Waals surface area (Å²) in [6.45, 7) is 0. The van der Waals surface area contributed by atoms with Crippen LogP contribution in [0.15, 0.2) is 54.6 Å². The molecule has 0 saturated carbocycles. The topological polar surface area (TPSA) is 23.5 Å². The van der Waals surface area contributed by atoms with E-state index in [-0.39, 0.29) is 6.10 Å². The first-order valence-corrected chi connectivity index (χ1v) is 7.16. The Labute approximate surface area is 121 Å². The molecule has 1 N–H and O–H groups in total. The predicted molar refractivity (Wildman–Crippen MR) is 85.1 cm³/mol. The second-order valence-corrected chi connectivity index (χ2v) is 5.38. The molecule has 106 valence electrons. The third-order valence-corrected chi connectivity index (χ3v) is 3.58. The van der Waals surface area contributed by atoms with Crippen molar-refractivity contribution in [2.24, 2.45) is 0 Å². The highest BCUT2D eigenvalue weighted by molar-refractivity contribution is 5.46. The number of aliphatic hydroxyl groups excluding tert-OH is 1. The Morgan fingerprint density at radius 1 is 0.950 bits per heavy atom. The van der Waals surface area contributed by atoms with Crippen LogP contribution in [-0.4, -0.2) is 19.2 Å². The largest absolute Gasteiger partial charge is 0.388 e. The van der Waals surface area contributed by atoms with Crippen molar-refractivity contribution in [1.82, 2.24) is 0 Å². The van der Waals surface area contributed by atoms with Crippen LogP contribution in [0.2, 0.25) is 0 Å². The first-order valence-electron chi connectivity index (χ1n) is 7.16. The maximum absolute atomic E-state index is 10.2. The van der Waals surface area contributed by atoms with Gasteiger partial charge in [-0.3, -0.25) is 0 Å². The Balaban J connectivity index is 1.84. The van der Waals surface area contributed by atoms with Gasteiger partial charge in [-0.25, -0.2) is 0 Å². The second kappa shape index (κ2) is 7.11. The number of hydrogen-bond acceptors (Lipinski definition) is 2. The van der Waals surface area contributed by atoms with Crippen molar-refractivity contribution in [2.75, 3.05) is 19.0 Å². The fraction of sp³-hybridized carbons (Fsp3) is 0.333. The van der Waals surface area contributed by atoms with Crippen LogP contribution in [0.1, 0.15) is 30.1 Å². The van der Waals surface area contributed by atoms with E-state index in [1.54, 1.807) is 0 Å². The highest BCUT2D eigenvalue weighted by atomic mass is 16.3. The summed E-state index contributed by atoms with van der Waals surface area (Å²) in [5, 5.41) is 10.2. The van der Waals surface area contributed by atoms with Crippen LogP contribution in [0, 0.1) is 0 Å². The maximum Gasteiger partial charge on any atom is 0.0790 e. The van der Waals surface area contributed by atoms with Crippen LogP contribution < -0.4 is 4.90 Å². The number of rotatable bonds is 6. The number of nitrogens with zero attached hydrogens (tertiary/aromatic N) is 1. The Morgan fingerprint density at radius 3 is 2.20 bits per heavy atom. The van der Waals surface area contributed by atoms with Gasteiger partial charge in [0.15, 0.2) is 0 Å². The summed E-state index contributed by atoms with van der Waals surface area (Å²) < 4.78 is 0. The molecule has 0 saturated heterocycles. The summed E-state index contributed by atoms with van der Waals surface area (Å²) in [5.74, 6) is 0. The van der Waals surface area contributed by atoms with Crippen molar-refractivity contribution < 1.29 is 5.11 Å². The average Bonchev–Trinajstić information content (AvgIpc) is 2.48. The molecule has 0 spiro atoms. The minimum atomic E-state index is -0.366. The Hall–Kier alpha value is -1.80. The molecule has 0 amide bonds. The second-order valence-electron chi connectivity index (χ2n) is 5.38. The van der Waals surface area contributed by atoms with Gasteiger partial charge in [0.05, 0.1) is 6.10 Å². The summed E-state index contributed by atoms with van der Waals surface area (Å²) in [6.07, 6.45) is 2.46. The van der Waals surface area contributed by atoms with E-state index < -0.39 is 0 Å². The number of hydrogen-bond donors (Lipinski definition) is 1. The van der Waals surface area contributed by atoms with Crippen molar-refractivity contribution in [3.05, 3.63) is 65.7 Å². The average molecular weight is 269 g/mol. The molecule has 0 aliphatic carbocycles. The lowest BCUT2D eigenvalue weighted by atomic mass is 10.0. The molecule has 2 nitrogen and oxygen atoms in total. The number of aliphatic hydroxyl groups is 1. The van der Waals surface area contributed by atoms with E-state index in [9.17, 15) is 5.11 Å². The maximum atomic E-state index is 10.2. The highest BCUT2D eigenvalue weighted by Crippen LogP contribution is 2.22. The van der Waals surface area contributed by atoms with E-state index in [1.807, 2.05) is 32.3 Å². The van der Waals surface area contributed by atoms with E-state index in [2.05, 4.69) is 41.3 Å². The van der Waals surface area contributed by atoms with E-state index in [4.69, 9.17) is 0 Å². The predicted octanol–water partition coefficient (Wildman–Crippen LogP) is 3.81. The molecule has 0 aromatic heterocycles. The molecular weight excluding hydrogens is 246 g/mol. The number of benzene rings is 2. The van der Waals surface area contributed by atoms with Gasteiger partial charge >= 0.3 is 0 Å². The van der Waals surface area contributed by atoms with Crippen molar-refractivity contribution in [2.45, 2.75) is 25.4 Å². The van der Waals surface area contributed by atoms with Gasteiger partial charge in [-0.15, -0.1) is 0 Å². The first-order chi connectivity index (χ1) is 9.66. The summed E-state index contributed by atoms with van der Waals surface area (Å²) >= 11 is 0. The first kappa shape index (κ1) is 14.6.